The van der Waals surface area contributed by atoms with E-state index in [4.69, 9.17) is 15.4 Å². The first-order chi connectivity index (χ1) is 8.86. The average Bonchev–Trinajstić information content (AvgIpc) is 2.72. The number of tetrazole rings is 1. The lowest BCUT2D eigenvalue weighted by molar-refractivity contribution is 0.293. The Bertz CT molecular complexity index is 703. The Hall–Kier alpha value is -1.19. The zero-order valence-electron chi connectivity index (χ0n) is 9.62. The lowest BCUT2D eigenvalue weighted by atomic mass is 10.3. The van der Waals surface area contributed by atoms with Gasteiger partial charge in [0.2, 0.25) is 5.82 Å². The average molecular weight is 368 g/mol. The van der Waals surface area contributed by atoms with E-state index in [0.29, 0.717) is 16.0 Å². The maximum atomic E-state index is 11.2. The molecule has 0 amide bonds. The predicted molar refractivity (Wildman–Crippen MR) is 70.3 cm³/mol. The number of aryl methyl sites for hydroxylation is 1. The van der Waals surface area contributed by atoms with Gasteiger partial charge in [-0.25, -0.2) is 8.42 Å². The molecule has 0 fully saturated rings. The van der Waals surface area contributed by atoms with E-state index in [2.05, 4.69) is 31.3 Å². The van der Waals surface area contributed by atoms with Gasteiger partial charge in [-0.1, -0.05) is 0 Å². The zero-order valence-corrected chi connectivity index (χ0v) is 12.8. The number of benzene rings is 1. The zero-order chi connectivity index (χ0) is 14.0. The third kappa shape index (κ3) is 3.64. The molecule has 0 radical (unpaired) electrons. The van der Waals surface area contributed by atoms with Crippen LogP contribution in [0, 0.1) is 0 Å². The third-order valence-electron chi connectivity index (χ3n) is 2.09. The van der Waals surface area contributed by atoms with Gasteiger partial charge in [-0.05, 0) is 39.3 Å². The second-order valence-electron chi connectivity index (χ2n) is 3.51. The molecule has 0 bridgehead atoms. The topological polar surface area (TPSA) is 87.0 Å². The number of nitrogens with zero attached hydrogens (tertiary/aromatic N) is 4. The smallest absolute Gasteiger partial charge is 0.261 e. The molecule has 0 spiro atoms. The summed E-state index contributed by atoms with van der Waals surface area (Å²) < 4.78 is 28.2. The van der Waals surface area contributed by atoms with E-state index in [1.807, 2.05) is 0 Å². The Morgan fingerprint density at radius 3 is 2.74 bits per heavy atom. The van der Waals surface area contributed by atoms with Crippen molar-refractivity contribution in [2.24, 2.45) is 7.05 Å². The molecule has 0 aliphatic rings. The lowest BCUT2D eigenvalue weighted by Gasteiger charge is -2.06. The summed E-state index contributed by atoms with van der Waals surface area (Å²) in [7, 11) is 3.13. The van der Waals surface area contributed by atoms with Crippen molar-refractivity contribution in [3.63, 3.8) is 0 Å². The number of rotatable bonds is 4. The summed E-state index contributed by atoms with van der Waals surface area (Å²) in [5.41, 5.74) is 0. The molecule has 0 atom stereocenters. The second-order valence-corrected chi connectivity index (χ2v) is 6.93. The number of hydrogen-bond acceptors (Lipinski definition) is 6. The van der Waals surface area contributed by atoms with Crippen LogP contribution in [0.4, 0.5) is 0 Å². The van der Waals surface area contributed by atoms with Gasteiger partial charge in [0.15, 0.2) is 6.61 Å². The first kappa shape index (κ1) is 14.2. The molecule has 1 aromatic carbocycles. The van der Waals surface area contributed by atoms with Crippen LogP contribution in [0.15, 0.2) is 27.6 Å². The number of hydrogen-bond donors (Lipinski definition) is 0. The minimum Gasteiger partial charge on any atom is -0.484 e. The van der Waals surface area contributed by atoms with Crippen LogP contribution < -0.4 is 4.74 Å². The molecule has 0 saturated heterocycles. The van der Waals surface area contributed by atoms with Crippen molar-refractivity contribution in [3.05, 3.63) is 28.5 Å². The van der Waals surface area contributed by atoms with Gasteiger partial charge >= 0.3 is 0 Å². The maximum Gasteiger partial charge on any atom is 0.261 e. The van der Waals surface area contributed by atoms with E-state index < -0.39 is 9.05 Å². The first-order valence-electron chi connectivity index (χ1n) is 4.96. The summed E-state index contributed by atoms with van der Waals surface area (Å²) >= 11 is 3.21. The molecule has 1 heterocycles. The lowest BCUT2D eigenvalue weighted by Crippen LogP contribution is -2.00. The highest BCUT2D eigenvalue weighted by Gasteiger charge is 2.13. The van der Waals surface area contributed by atoms with Crippen molar-refractivity contribution in [3.8, 4) is 5.75 Å². The van der Waals surface area contributed by atoms with Crippen LogP contribution in [0.25, 0.3) is 0 Å². The largest absolute Gasteiger partial charge is 0.484 e. The highest BCUT2D eigenvalue weighted by molar-refractivity contribution is 9.10. The van der Waals surface area contributed by atoms with E-state index in [1.54, 1.807) is 7.05 Å². The van der Waals surface area contributed by atoms with E-state index in [0.717, 1.165) is 0 Å². The highest BCUT2D eigenvalue weighted by atomic mass is 79.9. The quantitative estimate of drug-likeness (QED) is 0.761. The third-order valence-corrected chi connectivity index (χ3v) is 4.06. The summed E-state index contributed by atoms with van der Waals surface area (Å²) in [6, 6.07) is 4.21. The number of halogens is 2. The van der Waals surface area contributed by atoms with Crippen molar-refractivity contribution >= 4 is 35.7 Å². The normalized spacial score (nSPS) is 11.5. The highest BCUT2D eigenvalue weighted by Crippen LogP contribution is 2.29. The van der Waals surface area contributed by atoms with Gasteiger partial charge in [-0.3, -0.25) is 0 Å². The van der Waals surface area contributed by atoms with Gasteiger partial charge in [0.1, 0.15) is 5.75 Å². The Morgan fingerprint density at radius 1 is 1.47 bits per heavy atom. The fourth-order valence-electron chi connectivity index (χ4n) is 1.27. The molecule has 0 aliphatic heterocycles. The van der Waals surface area contributed by atoms with Crippen LogP contribution in [0.2, 0.25) is 0 Å². The van der Waals surface area contributed by atoms with Crippen molar-refractivity contribution < 1.29 is 13.2 Å². The molecule has 19 heavy (non-hydrogen) atoms. The number of ether oxygens (including phenoxy) is 1. The van der Waals surface area contributed by atoms with Crippen molar-refractivity contribution in [1.82, 2.24) is 20.2 Å². The molecule has 0 saturated carbocycles. The summed E-state index contributed by atoms with van der Waals surface area (Å²) in [6.45, 7) is 0.124. The minimum atomic E-state index is -3.76. The predicted octanol–water partition coefficient (Wildman–Crippen LogP) is 1.48. The molecule has 102 valence electrons. The van der Waals surface area contributed by atoms with E-state index >= 15 is 0 Å². The fourth-order valence-corrected chi connectivity index (χ4v) is 2.70. The molecule has 2 rings (SSSR count). The summed E-state index contributed by atoms with van der Waals surface area (Å²) in [5.74, 6) is 0.875. The van der Waals surface area contributed by atoms with Crippen LogP contribution in [-0.2, 0) is 22.7 Å². The van der Waals surface area contributed by atoms with Crippen LogP contribution in [0.1, 0.15) is 5.82 Å². The van der Waals surface area contributed by atoms with Crippen molar-refractivity contribution in [1.29, 1.82) is 0 Å². The standard InChI is InChI=1S/C9H8BrClN4O3S/c1-15-13-9(12-14-15)5-18-8-3-2-6(4-7(8)10)19(11,16)17/h2-4H,5H2,1H3. The van der Waals surface area contributed by atoms with Crippen molar-refractivity contribution in [2.45, 2.75) is 11.5 Å². The SMILES string of the molecule is Cn1nnc(COc2ccc(S(=O)(=O)Cl)cc2Br)n1. The fraction of sp³-hybridized carbons (Fsp3) is 0.222. The van der Waals surface area contributed by atoms with Crippen LogP contribution in [0.3, 0.4) is 0 Å². The van der Waals surface area contributed by atoms with Crippen LogP contribution in [-0.4, -0.2) is 28.6 Å². The van der Waals surface area contributed by atoms with Gasteiger partial charge in [-0.15, -0.1) is 10.2 Å². The van der Waals surface area contributed by atoms with Crippen molar-refractivity contribution in [2.75, 3.05) is 0 Å². The maximum absolute atomic E-state index is 11.2. The Kier molecular flexibility index (Phi) is 4.07. The molecular weight excluding hydrogens is 360 g/mol. The van der Waals surface area contributed by atoms with Gasteiger partial charge < -0.3 is 4.74 Å². The second kappa shape index (κ2) is 5.43. The van der Waals surface area contributed by atoms with E-state index in [9.17, 15) is 8.42 Å². The van der Waals surface area contributed by atoms with Crippen LogP contribution in [0.5, 0.6) is 5.75 Å². The summed E-state index contributed by atoms with van der Waals surface area (Å²) in [5, 5.41) is 11.4. The monoisotopic (exact) mass is 366 g/mol. The Labute approximate surface area is 122 Å². The van der Waals surface area contributed by atoms with Crippen LogP contribution >= 0.6 is 26.6 Å². The molecule has 0 N–H and O–H groups in total. The molecule has 1 aromatic heterocycles. The molecule has 0 unspecified atom stereocenters. The Morgan fingerprint density at radius 2 is 2.21 bits per heavy atom. The van der Waals surface area contributed by atoms with E-state index in [1.165, 1.54) is 23.0 Å². The minimum absolute atomic E-state index is 0.00832. The van der Waals surface area contributed by atoms with E-state index in [-0.39, 0.29) is 11.5 Å². The number of aromatic nitrogens is 4. The molecular formula is C9H8BrClN4O3S. The Balaban J connectivity index is 2.14. The summed E-state index contributed by atoms with van der Waals surface area (Å²) in [6.07, 6.45) is 0. The molecule has 10 heteroatoms. The summed E-state index contributed by atoms with van der Waals surface area (Å²) in [4.78, 5) is 1.31. The van der Waals surface area contributed by atoms with Gasteiger partial charge in [0.25, 0.3) is 9.05 Å². The first-order valence-corrected chi connectivity index (χ1v) is 8.06. The molecule has 2 aromatic rings. The van der Waals surface area contributed by atoms with Gasteiger partial charge in [-0.2, -0.15) is 4.80 Å². The van der Waals surface area contributed by atoms with Gasteiger partial charge in [0.05, 0.1) is 16.4 Å². The molecule has 0 aliphatic carbocycles. The molecule has 7 nitrogen and oxygen atoms in total. The van der Waals surface area contributed by atoms with Gasteiger partial charge in [0, 0.05) is 10.7 Å².